The molecule has 9 heteroatoms. The van der Waals surface area contributed by atoms with Crippen molar-refractivity contribution in [2.75, 3.05) is 31.5 Å². The standard InChI is InChI=1S/C26H28ClN5O3/c1-19(33)30-13-15-31(16-14-30)26(35)12-6-11-25(34)28-24-18-23(20-7-3-2-4-8-20)29-32(24)22-10-5-9-21(27)17-22/h2-5,7-10,17-18H,6,11-16H2,1H3,(H,28,34). The van der Waals surface area contributed by atoms with Gasteiger partial charge in [0, 0.05) is 62.6 Å². The number of carbonyl (C=O) groups is 3. The van der Waals surface area contributed by atoms with Crippen LogP contribution in [-0.4, -0.2) is 63.5 Å². The molecule has 0 unspecified atom stereocenters. The number of benzene rings is 2. The minimum atomic E-state index is -0.193. The van der Waals surface area contributed by atoms with Gasteiger partial charge in [0.1, 0.15) is 5.82 Å². The van der Waals surface area contributed by atoms with Gasteiger partial charge in [-0.1, -0.05) is 48.0 Å². The number of anilines is 1. The van der Waals surface area contributed by atoms with Crippen LogP contribution in [0.3, 0.4) is 0 Å². The third-order valence-electron chi connectivity index (χ3n) is 5.97. The predicted molar refractivity (Wildman–Crippen MR) is 135 cm³/mol. The maximum Gasteiger partial charge on any atom is 0.225 e. The molecule has 0 aliphatic carbocycles. The Hall–Kier alpha value is -3.65. The number of carbonyl (C=O) groups excluding carboxylic acids is 3. The number of hydrogen-bond donors (Lipinski definition) is 1. The van der Waals surface area contributed by atoms with E-state index in [1.54, 1.807) is 26.6 Å². The fourth-order valence-corrected chi connectivity index (χ4v) is 4.24. The van der Waals surface area contributed by atoms with Crippen molar-refractivity contribution in [3.8, 4) is 16.9 Å². The Morgan fingerprint density at radius 2 is 1.63 bits per heavy atom. The molecule has 2 aromatic carbocycles. The number of halogens is 1. The van der Waals surface area contributed by atoms with Crippen LogP contribution in [0.15, 0.2) is 60.7 Å². The lowest BCUT2D eigenvalue weighted by Gasteiger charge is -2.34. The van der Waals surface area contributed by atoms with E-state index in [0.717, 1.165) is 16.9 Å². The second-order valence-corrected chi connectivity index (χ2v) is 8.90. The van der Waals surface area contributed by atoms with E-state index in [2.05, 4.69) is 10.4 Å². The summed E-state index contributed by atoms with van der Waals surface area (Å²) >= 11 is 6.18. The lowest BCUT2D eigenvalue weighted by molar-refractivity contribution is -0.138. The Morgan fingerprint density at radius 1 is 0.914 bits per heavy atom. The van der Waals surface area contributed by atoms with Gasteiger partial charge in [-0.05, 0) is 24.6 Å². The van der Waals surface area contributed by atoms with Crippen molar-refractivity contribution in [2.45, 2.75) is 26.2 Å². The van der Waals surface area contributed by atoms with E-state index in [-0.39, 0.29) is 30.6 Å². The first-order chi connectivity index (χ1) is 16.9. The van der Waals surface area contributed by atoms with Crippen LogP contribution in [0.5, 0.6) is 0 Å². The van der Waals surface area contributed by atoms with Gasteiger partial charge in [-0.25, -0.2) is 4.68 Å². The summed E-state index contributed by atoms with van der Waals surface area (Å²) in [5, 5.41) is 8.20. The minimum Gasteiger partial charge on any atom is -0.339 e. The first-order valence-corrected chi connectivity index (χ1v) is 12.0. The summed E-state index contributed by atoms with van der Waals surface area (Å²) < 4.78 is 1.66. The Kier molecular flexibility index (Phi) is 7.82. The van der Waals surface area contributed by atoms with Crippen LogP contribution in [0.2, 0.25) is 5.02 Å². The lowest BCUT2D eigenvalue weighted by Crippen LogP contribution is -2.50. The molecule has 1 N–H and O–H groups in total. The van der Waals surface area contributed by atoms with Gasteiger partial charge < -0.3 is 15.1 Å². The fraction of sp³-hybridized carbons (Fsp3) is 0.308. The number of piperazine rings is 1. The van der Waals surface area contributed by atoms with E-state index in [1.165, 1.54) is 6.92 Å². The quantitative estimate of drug-likeness (QED) is 0.539. The average molecular weight is 494 g/mol. The van der Waals surface area contributed by atoms with Gasteiger partial charge in [-0.2, -0.15) is 5.10 Å². The first-order valence-electron chi connectivity index (χ1n) is 11.7. The molecule has 1 aliphatic heterocycles. The molecule has 0 saturated carbocycles. The van der Waals surface area contributed by atoms with E-state index in [4.69, 9.17) is 11.6 Å². The number of nitrogens with zero attached hydrogens (tertiary/aromatic N) is 4. The predicted octanol–water partition coefficient (Wildman–Crippen LogP) is 3.99. The number of nitrogens with one attached hydrogen (secondary N) is 1. The number of amides is 3. The second kappa shape index (κ2) is 11.2. The highest BCUT2D eigenvalue weighted by Crippen LogP contribution is 2.26. The van der Waals surface area contributed by atoms with Crippen LogP contribution >= 0.6 is 11.6 Å². The maximum absolute atomic E-state index is 12.7. The second-order valence-electron chi connectivity index (χ2n) is 8.46. The monoisotopic (exact) mass is 493 g/mol. The molecule has 1 fully saturated rings. The molecular weight excluding hydrogens is 466 g/mol. The summed E-state index contributed by atoms with van der Waals surface area (Å²) in [5.41, 5.74) is 2.38. The summed E-state index contributed by atoms with van der Waals surface area (Å²) in [6.45, 7) is 3.71. The van der Waals surface area contributed by atoms with Gasteiger partial charge in [-0.15, -0.1) is 0 Å². The van der Waals surface area contributed by atoms with Gasteiger partial charge in [0.2, 0.25) is 17.7 Å². The van der Waals surface area contributed by atoms with Crippen molar-refractivity contribution in [3.63, 3.8) is 0 Å². The summed E-state index contributed by atoms with van der Waals surface area (Å²) in [4.78, 5) is 40.2. The smallest absolute Gasteiger partial charge is 0.225 e. The first kappa shape index (κ1) is 24.5. The third-order valence-corrected chi connectivity index (χ3v) is 6.21. The molecule has 1 aliphatic rings. The molecule has 1 saturated heterocycles. The van der Waals surface area contributed by atoms with Crippen LogP contribution in [0.25, 0.3) is 16.9 Å². The normalized spacial score (nSPS) is 13.5. The Bertz CT molecular complexity index is 1200. The summed E-state index contributed by atoms with van der Waals surface area (Å²) in [7, 11) is 0. The fourth-order valence-electron chi connectivity index (χ4n) is 4.06. The van der Waals surface area contributed by atoms with Crippen LogP contribution in [-0.2, 0) is 14.4 Å². The van der Waals surface area contributed by atoms with Crippen LogP contribution in [0, 0.1) is 0 Å². The zero-order valence-electron chi connectivity index (χ0n) is 19.6. The molecule has 182 valence electrons. The Balaban J connectivity index is 1.38. The van der Waals surface area contributed by atoms with E-state index in [1.807, 2.05) is 48.5 Å². The number of hydrogen-bond acceptors (Lipinski definition) is 4. The Morgan fingerprint density at radius 3 is 2.31 bits per heavy atom. The highest BCUT2D eigenvalue weighted by Gasteiger charge is 2.22. The highest BCUT2D eigenvalue weighted by molar-refractivity contribution is 6.30. The molecular formula is C26H28ClN5O3. The van der Waals surface area contributed by atoms with Crippen molar-refractivity contribution in [1.29, 1.82) is 0 Å². The maximum atomic E-state index is 12.7. The van der Waals surface area contributed by atoms with Gasteiger partial charge in [-0.3, -0.25) is 14.4 Å². The van der Waals surface area contributed by atoms with Gasteiger partial charge >= 0.3 is 0 Å². The van der Waals surface area contributed by atoms with Crippen molar-refractivity contribution in [2.24, 2.45) is 0 Å². The highest BCUT2D eigenvalue weighted by atomic mass is 35.5. The molecule has 0 atom stereocenters. The van der Waals surface area contributed by atoms with Gasteiger partial charge in [0.05, 0.1) is 11.4 Å². The van der Waals surface area contributed by atoms with Gasteiger partial charge in [0.15, 0.2) is 0 Å². The summed E-state index contributed by atoms with van der Waals surface area (Å²) in [6.07, 6.45) is 0.936. The molecule has 35 heavy (non-hydrogen) atoms. The van der Waals surface area contributed by atoms with Crippen molar-refractivity contribution >= 4 is 35.1 Å². The molecule has 8 nitrogen and oxygen atoms in total. The molecule has 3 amide bonds. The van der Waals surface area contributed by atoms with Crippen molar-refractivity contribution < 1.29 is 14.4 Å². The Labute approximate surface area is 209 Å². The van der Waals surface area contributed by atoms with Crippen LogP contribution in [0.1, 0.15) is 26.2 Å². The molecule has 1 aromatic heterocycles. The third kappa shape index (κ3) is 6.27. The van der Waals surface area contributed by atoms with E-state index in [0.29, 0.717) is 43.4 Å². The lowest BCUT2D eigenvalue weighted by atomic mass is 10.1. The molecule has 2 heterocycles. The van der Waals surface area contributed by atoms with E-state index >= 15 is 0 Å². The average Bonchev–Trinajstić information content (AvgIpc) is 3.28. The largest absolute Gasteiger partial charge is 0.339 e. The summed E-state index contributed by atoms with van der Waals surface area (Å²) in [5.74, 6) is 0.377. The number of aromatic nitrogens is 2. The molecule has 0 radical (unpaired) electrons. The molecule has 3 aromatic rings. The molecule has 0 spiro atoms. The zero-order chi connectivity index (χ0) is 24.8. The topological polar surface area (TPSA) is 87.5 Å². The van der Waals surface area contributed by atoms with Gasteiger partial charge in [0.25, 0.3) is 0 Å². The van der Waals surface area contributed by atoms with Crippen LogP contribution in [0.4, 0.5) is 5.82 Å². The minimum absolute atomic E-state index is 0.0105. The van der Waals surface area contributed by atoms with Crippen LogP contribution < -0.4 is 5.32 Å². The van der Waals surface area contributed by atoms with Crippen molar-refractivity contribution in [1.82, 2.24) is 19.6 Å². The van der Waals surface area contributed by atoms with E-state index in [9.17, 15) is 14.4 Å². The zero-order valence-corrected chi connectivity index (χ0v) is 20.4. The number of rotatable bonds is 7. The summed E-state index contributed by atoms with van der Waals surface area (Å²) in [6, 6.07) is 18.8. The molecule has 4 rings (SSSR count). The molecule has 0 bridgehead atoms. The SMILES string of the molecule is CC(=O)N1CCN(C(=O)CCCC(=O)Nc2cc(-c3ccccc3)nn2-c2cccc(Cl)c2)CC1. The van der Waals surface area contributed by atoms with Crippen molar-refractivity contribution in [3.05, 3.63) is 65.7 Å². The van der Waals surface area contributed by atoms with E-state index < -0.39 is 0 Å².